The molecule has 0 aromatic heterocycles. The molecular weight excluding hydrogens is 627 g/mol. The van der Waals surface area contributed by atoms with Gasteiger partial charge in [0.2, 0.25) is 0 Å². The zero-order valence-corrected chi connectivity index (χ0v) is 32.1. The van der Waals surface area contributed by atoms with Crippen LogP contribution in [0.5, 0.6) is 0 Å². The summed E-state index contributed by atoms with van der Waals surface area (Å²) >= 11 is 0. The van der Waals surface area contributed by atoms with Crippen LogP contribution in [0, 0.1) is 46.3 Å². The zero-order chi connectivity index (χ0) is 35.3. The third kappa shape index (κ3) is 6.77. The summed E-state index contributed by atoms with van der Waals surface area (Å²) in [7, 11) is 0.0630. The van der Waals surface area contributed by atoms with Crippen molar-refractivity contribution >= 4 is 32.3 Å². The molecule has 0 spiro atoms. The molecule has 49 heavy (non-hydrogen) atoms. The van der Waals surface area contributed by atoms with Crippen molar-refractivity contribution in [1.82, 2.24) is 0 Å². The molecule has 0 amide bonds. The standard InChI is InChI=1S/C43H61NO4S/c1-28(2)12-9-13-29(3)36-20-21-37-35-19-18-31-26-32(22-24-42(31,5)38(35)23-25-43(36,37)6)48-41(45)30(4)27-49(46,47)40-17-11-14-33-34(40)15-10-16-39(33)44(7)8/h10-11,14-18,28-29,32,35-38H,4,9,12-13,19-27H2,1-3,5-8H3/t29-,32+,35+,36-,37+,38+,42+,43-/m1/s1. The number of allylic oxidation sites excluding steroid dienone is 1. The molecule has 4 aliphatic carbocycles. The Morgan fingerprint density at radius 1 is 0.959 bits per heavy atom. The van der Waals surface area contributed by atoms with Gasteiger partial charge in [0, 0.05) is 42.5 Å². The topological polar surface area (TPSA) is 63.7 Å². The Morgan fingerprint density at radius 2 is 1.69 bits per heavy atom. The normalized spacial score (nSPS) is 31.8. The van der Waals surface area contributed by atoms with Gasteiger partial charge >= 0.3 is 5.97 Å². The summed E-state index contributed by atoms with van der Waals surface area (Å²) in [6.07, 6.45) is 15.5. The van der Waals surface area contributed by atoms with E-state index < -0.39 is 21.6 Å². The van der Waals surface area contributed by atoms with Crippen LogP contribution in [-0.2, 0) is 19.4 Å². The van der Waals surface area contributed by atoms with Crippen molar-refractivity contribution in [3.05, 3.63) is 60.2 Å². The molecule has 0 bridgehead atoms. The number of anilines is 1. The molecule has 3 saturated carbocycles. The molecule has 0 N–H and O–H groups in total. The predicted molar refractivity (Wildman–Crippen MR) is 202 cm³/mol. The molecule has 6 heteroatoms. The number of hydrogen-bond acceptors (Lipinski definition) is 5. The van der Waals surface area contributed by atoms with Crippen LogP contribution < -0.4 is 4.90 Å². The smallest absolute Gasteiger partial charge is 0.334 e. The first-order valence-corrected chi connectivity index (χ1v) is 20.8. The SMILES string of the molecule is C=C(CS(=O)(=O)c1cccc2c(N(C)C)cccc12)C(=O)O[C@H]1CC[C@@]2(C)C(=CC[C@H]3[C@@H]4CC[C@H]([C@H](C)CCCC(C)C)[C@@]4(C)CC[C@@H]32)C1. The molecule has 0 saturated heterocycles. The third-order valence-corrected chi connectivity index (χ3v) is 15.6. The minimum atomic E-state index is -3.82. The maximum Gasteiger partial charge on any atom is 0.334 e. The Kier molecular flexibility index (Phi) is 10.2. The van der Waals surface area contributed by atoms with Gasteiger partial charge in [0.15, 0.2) is 9.84 Å². The van der Waals surface area contributed by atoms with Gasteiger partial charge in [0.05, 0.1) is 10.6 Å². The molecule has 268 valence electrons. The minimum Gasteiger partial charge on any atom is -0.459 e. The fourth-order valence-corrected chi connectivity index (χ4v) is 12.8. The van der Waals surface area contributed by atoms with E-state index in [9.17, 15) is 13.2 Å². The Labute approximate surface area is 296 Å². The summed E-state index contributed by atoms with van der Waals surface area (Å²) in [4.78, 5) is 15.5. The summed E-state index contributed by atoms with van der Waals surface area (Å²) in [6.45, 7) is 16.3. The summed E-state index contributed by atoms with van der Waals surface area (Å²) in [5, 5.41) is 1.51. The summed E-state index contributed by atoms with van der Waals surface area (Å²) in [5.74, 6) is 3.69. The van der Waals surface area contributed by atoms with E-state index in [0.29, 0.717) is 16.7 Å². The lowest BCUT2D eigenvalue weighted by atomic mass is 9.47. The van der Waals surface area contributed by atoms with Crippen LogP contribution in [0.1, 0.15) is 105 Å². The van der Waals surface area contributed by atoms with Gasteiger partial charge in [-0.3, -0.25) is 0 Å². The van der Waals surface area contributed by atoms with Gasteiger partial charge in [-0.1, -0.05) is 96.4 Å². The van der Waals surface area contributed by atoms with Crippen molar-refractivity contribution < 1.29 is 17.9 Å². The molecule has 2 aromatic carbocycles. The highest BCUT2D eigenvalue weighted by Crippen LogP contribution is 2.67. The second-order valence-corrected chi connectivity index (χ2v) is 19.4. The Bertz CT molecular complexity index is 1710. The number of sulfone groups is 1. The molecule has 5 nitrogen and oxygen atoms in total. The molecule has 0 radical (unpaired) electrons. The largest absolute Gasteiger partial charge is 0.459 e. The van der Waals surface area contributed by atoms with Gasteiger partial charge in [-0.25, -0.2) is 13.2 Å². The molecule has 0 heterocycles. The monoisotopic (exact) mass is 687 g/mol. The van der Waals surface area contributed by atoms with Gasteiger partial charge in [-0.2, -0.15) is 0 Å². The van der Waals surface area contributed by atoms with E-state index in [1.165, 1.54) is 50.5 Å². The minimum absolute atomic E-state index is 0.00687. The van der Waals surface area contributed by atoms with Crippen molar-refractivity contribution in [2.24, 2.45) is 46.3 Å². The average Bonchev–Trinajstić information content (AvgIpc) is 3.41. The Balaban J connectivity index is 1.09. The third-order valence-electron chi connectivity index (χ3n) is 13.9. The van der Waals surface area contributed by atoms with Gasteiger partial charge in [-0.15, -0.1) is 0 Å². The molecule has 4 aliphatic rings. The van der Waals surface area contributed by atoms with E-state index in [2.05, 4.69) is 47.3 Å². The first-order valence-electron chi connectivity index (χ1n) is 19.2. The molecule has 8 atom stereocenters. The number of ether oxygens (including phenoxy) is 1. The van der Waals surface area contributed by atoms with Gasteiger partial charge in [-0.05, 0) is 103 Å². The van der Waals surface area contributed by atoms with Gasteiger partial charge in [0.1, 0.15) is 6.10 Å². The lowest BCUT2D eigenvalue weighted by Crippen LogP contribution is -2.51. The van der Waals surface area contributed by atoms with Crippen molar-refractivity contribution in [3.8, 4) is 0 Å². The van der Waals surface area contributed by atoms with Crippen LogP contribution in [0.2, 0.25) is 0 Å². The number of nitrogens with zero attached hydrogens (tertiary/aromatic N) is 1. The van der Waals surface area contributed by atoms with E-state index >= 15 is 0 Å². The number of rotatable bonds is 11. The van der Waals surface area contributed by atoms with Crippen LogP contribution in [-0.4, -0.2) is 40.3 Å². The molecule has 3 fully saturated rings. The number of esters is 1. The lowest BCUT2D eigenvalue weighted by Gasteiger charge is -2.58. The van der Waals surface area contributed by atoms with Crippen molar-refractivity contribution in [3.63, 3.8) is 0 Å². The van der Waals surface area contributed by atoms with E-state index in [0.717, 1.165) is 66.3 Å². The fourth-order valence-electron chi connectivity index (χ4n) is 11.3. The molecule has 6 rings (SSSR count). The number of benzene rings is 2. The Hall–Kier alpha value is -2.60. The molecular formula is C43H61NO4S. The zero-order valence-electron chi connectivity index (χ0n) is 31.3. The van der Waals surface area contributed by atoms with Gasteiger partial charge < -0.3 is 9.64 Å². The van der Waals surface area contributed by atoms with Crippen molar-refractivity contribution in [2.75, 3.05) is 24.7 Å². The summed E-state index contributed by atoms with van der Waals surface area (Å²) < 4.78 is 33.3. The van der Waals surface area contributed by atoms with E-state index in [1.54, 1.807) is 12.1 Å². The number of fused-ring (bicyclic) bond motifs is 6. The van der Waals surface area contributed by atoms with Crippen LogP contribution in [0.4, 0.5) is 5.69 Å². The van der Waals surface area contributed by atoms with Crippen molar-refractivity contribution in [2.45, 2.75) is 116 Å². The first kappa shape index (κ1) is 36.2. The second-order valence-electron chi connectivity index (χ2n) is 17.4. The fraction of sp³-hybridized carbons (Fsp3) is 0.651. The average molecular weight is 688 g/mol. The molecule has 0 unspecified atom stereocenters. The molecule has 0 aliphatic heterocycles. The van der Waals surface area contributed by atoms with Crippen molar-refractivity contribution in [1.29, 1.82) is 0 Å². The highest BCUT2D eigenvalue weighted by molar-refractivity contribution is 7.91. The lowest BCUT2D eigenvalue weighted by molar-refractivity contribution is -0.146. The highest BCUT2D eigenvalue weighted by Gasteiger charge is 2.59. The predicted octanol–water partition coefficient (Wildman–Crippen LogP) is 10.2. The summed E-state index contributed by atoms with van der Waals surface area (Å²) in [6, 6.07) is 11.0. The van der Waals surface area contributed by atoms with Crippen LogP contribution in [0.15, 0.2) is 65.1 Å². The number of carbonyl (C=O) groups is 1. The van der Waals surface area contributed by atoms with Gasteiger partial charge in [0.25, 0.3) is 0 Å². The number of carbonyl (C=O) groups excluding carboxylic acids is 1. The van der Waals surface area contributed by atoms with E-state index in [-0.39, 0.29) is 22.0 Å². The van der Waals surface area contributed by atoms with Crippen LogP contribution in [0.25, 0.3) is 10.8 Å². The van der Waals surface area contributed by atoms with E-state index in [1.807, 2.05) is 43.3 Å². The maximum atomic E-state index is 13.6. The molecule has 2 aromatic rings. The number of hydrogen-bond donors (Lipinski definition) is 0. The quantitative estimate of drug-likeness (QED) is 0.134. The van der Waals surface area contributed by atoms with Crippen LogP contribution in [0.3, 0.4) is 0 Å². The Morgan fingerprint density at radius 3 is 2.43 bits per heavy atom. The second kappa shape index (κ2) is 13.8. The maximum absolute atomic E-state index is 13.6. The summed E-state index contributed by atoms with van der Waals surface area (Å²) in [5.41, 5.74) is 3.02. The highest BCUT2D eigenvalue weighted by atomic mass is 32.2. The first-order chi connectivity index (χ1) is 23.2. The van der Waals surface area contributed by atoms with Crippen LogP contribution >= 0.6 is 0 Å². The van der Waals surface area contributed by atoms with E-state index in [4.69, 9.17) is 4.74 Å².